The van der Waals surface area contributed by atoms with Crippen LogP contribution in [-0.4, -0.2) is 19.7 Å². The van der Waals surface area contributed by atoms with Crippen molar-refractivity contribution >= 4 is 21.6 Å². The summed E-state index contributed by atoms with van der Waals surface area (Å²) in [5.41, 5.74) is 5.40. The lowest BCUT2D eigenvalue weighted by molar-refractivity contribution is 0.259. The van der Waals surface area contributed by atoms with E-state index in [9.17, 15) is 13.2 Å². The van der Waals surface area contributed by atoms with Gasteiger partial charge in [0.1, 0.15) is 0 Å². The van der Waals surface area contributed by atoms with Gasteiger partial charge in [0.15, 0.2) is 9.84 Å². The Morgan fingerprint density at radius 2 is 1.75 bits per heavy atom. The summed E-state index contributed by atoms with van der Waals surface area (Å²) < 4.78 is 23.5. The Hall–Kier alpha value is -1.56. The Labute approximate surface area is 94.6 Å². The van der Waals surface area contributed by atoms with Crippen molar-refractivity contribution in [2.75, 3.05) is 5.32 Å². The first-order chi connectivity index (χ1) is 7.34. The Bertz CT molecular complexity index is 477. The van der Waals surface area contributed by atoms with Gasteiger partial charge in [-0.05, 0) is 38.1 Å². The summed E-state index contributed by atoms with van der Waals surface area (Å²) in [5.74, 6) is 0. The molecule has 5 nitrogen and oxygen atoms in total. The average Bonchev–Trinajstić information content (AvgIpc) is 2.17. The predicted molar refractivity (Wildman–Crippen MR) is 62.0 cm³/mol. The van der Waals surface area contributed by atoms with E-state index < -0.39 is 21.1 Å². The van der Waals surface area contributed by atoms with Gasteiger partial charge in [-0.25, -0.2) is 13.2 Å². The van der Waals surface area contributed by atoms with Crippen LogP contribution in [0, 0.1) is 0 Å². The normalized spacial score (nSPS) is 11.4. The van der Waals surface area contributed by atoms with Gasteiger partial charge in [-0.2, -0.15) is 0 Å². The van der Waals surface area contributed by atoms with Gasteiger partial charge in [0.25, 0.3) is 0 Å². The van der Waals surface area contributed by atoms with E-state index in [0.29, 0.717) is 5.69 Å². The Balaban J connectivity index is 3.00. The van der Waals surface area contributed by atoms with E-state index >= 15 is 0 Å². The highest BCUT2D eigenvalue weighted by Crippen LogP contribution is 2.18. The van der Waals surface area contributed by atoms with Crippen molar-refractivity contribution in [2.45, 2.75) is 24.0 Å². The van der Waals surface area contributed by atoms with Crippen molar-refractivity contribution in [3.63, 3.8) is 0 Å². The molecule has 0 saturated carbocycles. The first-order valence-corrected chi connectivity index (χ1v) is 6.29. The lowest BCUT2D eigenvalue weighted by Crippen LogP contribution is -2.19. The van der Waals surface area contributed by atoms with Gasteiger partial charge in [0, 0.05) is 5.69 Å². The first kappa shape index (κ1) is 12.5. The van der Waals surface area contributed by atoms with Gasteiger partial charge in [0.05, 0.1) is 10.1 Å². The van der Waals surface area contributed by atoms with E-state index in [2.05, 4.69) is 5.32 Å². The van der Waals surface area contributed by atoms with Crippen LogP contribution in [0.3, 0.4) is 0 Å². The molecule has 0 saturated heterocycles. The van der Waals surface area contributed by atoms with E-state index in [4.69, 9.17) is 5.73 Å². The van der Waals surface area contributed by atoms with Crippen LogP contribution >= 0.6 is 0 Å². The summed E-state index contributed by atoms with van der Waals surface area (Å²) >= 11 is 0. The summed E-state index contributed by atoms with van der Waals surface area (Å²) in [4.78, 5) is 10.8. The molecule has 0 heterocycles. The highest BCUT2D eigenvalue weighted by molar-refractivity contribution is 7.92. The third-order valence-electron chi connectivity index (χ3n) is 2.07. The number of anilines is 1. The van der Waals surface area contributed by atoms with Gasteiger partial charge in [-0.15, -0.1) is 0 Å². The molecule has 0 bridgehead atoms. The number of nitrogens with one attached hydrogen (secondary N) is 1. The van der Waals surface area contributed by atoms with Crippen molar-refractivity contribution in [3.8, 4) is 0 Å². The molecule has 0 aliphatic carbocycles. The fourth-order valence-corrected chi connectivity index (χ4v) is 2.20. The molecular weight excluding hydrogens is 228 g/mol. The minimum Gasteiger partial charge on any atom is -0.351 e. The largest absolute Gasteiger partial charge is 0.351 e. The number of hydrogen-bond acceptors (Lipinski definition) is 3. The Kier molecular flexibility index (Phi) is 3.54. The maximum Gasteiger partial charge on any atom is 0.316 e. The van der Waals surface area contributed by atoms with Crippen LogP contribution in [0.15, 0.2) is 29.2 Å². The van der Waals surface area contributed by atoms with Crippen molar-refractivity contribution in [3.05, 3.63) is 24.3 Å². The molecule has 1 rings (SSSR count). The second-order valence-corrected chi connectivity index (χ2v) is 6.11. The molecule has 0 atom stereocenters. The maximum atomic E-state index is 11.8. The number of primary amides is 1. The number of rotatable bonds is 3. The highest BCUT2D eigenvalue weighted by Gasteiger charge is 2.18. The molecule has 0 radical (unpaired) electrons. The summed E-state index contributed by atoms with van der Waals surface area (Å²) in [7, 11) is -3.27. The topological polar surface area (TPSA) is 89.3 Å². The van der Waals surface area contributed by atoms with Crippen LogP contribution in [0.25, 0.3) is 0 Å². The molecular formula is C10H14N2O3S. The van der Waals surface area contributed by atoms with Crippen LogP contribution in [0.5, 0.6) is 0 Å². The minimum absolute atomic E-state index is 0.234. The van der Waals surface area contributed by atoms with E-state index in [0.717, 1.165) is 0 Å². The number of sulfone groups is 1. The number of amides is 2. The van der Waals surface area contributed by atoms with E-state index in [1.807, 2.05) is 0 Å². The molecule has 0 aliphatic heterocycles. The number of benzene rings is 1. The maximum absolute atomic E-state index is 11.8. The van der Waals surface area contributed by atoms with Crippen LogP contribution in [0.1, 0.15) is 13.8 Å². The van der Waals surface area contributed by atoms with Crippen LogP contribution in [-0.2, 0) is 9.84 Å². The smallest absolute Gasteiger partial charge is 0.316 e. The van der Waals surface area contributed by atoms with E-state index in [1.54, 1.807) is 13.8 Å². The fourth-order valence-electron chi connectivity index (χ4n) is 1.14. The third-order valence-corrected chi connectivity index (χ3v) is 4.24. The zero-order valence-corrected chi connectivity index (χ0v) is 9.91. The number of carbonyl (C=O) groups is 1. The number of carbonyl (C=O) groups excluding carboxylic acids is 1. The SMILES string of the molecule is CC(C)S(=O)(=O)c1ccc(NC(N)=O)cc1. The molecule has 0 fully saturated rings. The molecule has 6 heteroatoms. The molecule has 0 spiro atoms. The molecule has 1 aromatic carbocycles. The Morgan fingerprint density at radius 1 is 1.25 bits per heavy atom. The molecule has 2 amide bonds. The van der Waals surface area contributed by atoms with Gasteiger partial charge in [-0.1, -0.05) is 0 Å². The van der Waals surface area contributed by atoms with Crippen molar-refractivity contribution in [2.24, 2.45) is 5.73 Å². The highest BCUT2D eigenvalue weighted by atomic mass is 32.2. The third kappa shape index (κ3) is 2.73. The molecule has 88 valence electrons. The van der Waals surface area contributed by atoms with E-state index in [1.165, 1.54) is 24.3 Å². The van der Waals surface area contributed by atoms with Crippen molar-refractivity contribution in [1.82, 2.24) is 0 Å². The Morgan fingerprint density at radius 3 is 2.12 bits per heavy atom. The van der Waals surface area contributed by atoms with Crippen molar-refractivity contribution in [1.29, 1.82) is 0 Å². The van der Waals surface area contributed by atoms with E-state index in [-0.39, 0.29) is 4.90 Å². The molecule has 1 aromatic rings. The number of nitrogens with two attached hydrogens (primary N) is 1. The molecule has 0 aromatic heterocycles. The van der Waals surface area contributed by atoms with Gasteiger partial charge in [0.2, 0.25) is 0 Å². The first-order valence-electron chi connectivity index (χ1n) is 4.74. The zero-order chi connectivity index (χ0) is 12.3. The van der Waals surface area contributed by atoms with Crippen molar-refractivity contribution < 1.29 is 13.2 Å². The average molecular weight is 242 g/mol. The quantitative estimate of drug-likeness (QED) is 0.838. The van der Waals surface area contributed by atoms with Gasteiger partial charge >= 0.3 is 6.03 Å². The monoisotopic (exact) mass is 242 g/mol. The second-order valence-electron chi connectivity index (χ2n) is 3.61. The summed E-state index contributed by atoms with van der Waals surface area (Å²) in [6, 6.07) is 5.21. The van der Waals surface area contributed by atoms with Gasteiger partial charge in [-0.3, -0.25) is 0 Å². The summed E-state index contributed by atoms with van der Waals surface area (Å²) in [5, 5.41) is 1.89. The second kappa shape index (κ2) is 4.52. The standard InChI is InChI=1S/C10H14N2O3S/c1-7(2)16(14,15)9-5-3-8(4-6-9)12-10(11)13/h3-7H,1-2H3,(H3,11,12,13). The molecule has 0 aliphatic rings. The molecule has 0 unspecified atom stereocenters. The molecule has 3 N–H and O–H groups in total. The minimum atomic E-state index is -3.27. The summed E-state index contributed by atoms with van der Waals surface area (Å²) in [6.45, 7) is 3.23. The lowest BCUT2D eigenvalue weighted by atomic mass is 10.3. The van der Waals surface area contributed by atoms with Crippen LogP contribution in [0.2, 0.25) is 0 Å². The summed E-state index contributed by atoms with van der Waals surface area (Å²) in [6.07, 6.45) is 0. The van der Waals surface area contributed by atoms with Gasteiger partial charge < -0.3 is 11.1 Å². The number of urea groups is 1. The van der Waals surface area contributed by atoms with Crippen LogP contribution < -0.4 is 11.1 Å². The van der Waals surface area contributed by atoms with Crippen LogP contribution in [0.4, 0.5) is 10.5 Å². The molecule has 16 heavy (non-hydrogen) atoms. The lowest BCUT2D eigenvalue weighted by Gasteiger charge is -2.08. The predicted octanol–water partition coefficient (Wildman–Crippen LogP) is 1.36. The fraction of sp³-hybridized carbons (Fsp3) is 0.300. The zero-order valence-electron chi connectivity index (χ0n) is 9.10. The number of hydrogen-bond donors (Lipinski definition) is 2.